The summed E-state index contributed by atoms with van der Waals surface area (Å²) in [4.78, 5) is 17.3. The van der Waals surface area contributed by atoms with Crippen molar-refractivity contribution in [1.82, 2.24) is 14.8 Å². The van der Waals surface area contributed by atoms with Gasteiger partial charge < -0.3 is 10.6 Å². The van der Waals surface area contributed by atoms with Crippen LogP contribution in [0.4, 0.5) is 11.6 Å². The molecule has 3 aromatic rings. The molecular weight excluding hydrogens is 314 g/mol. The van der Waals surface area contributed by atoms with Crippen LogP contribution in [0.5, 0.6) is 0 Å². The minimum absolute atomic E-state index is 0.161. The van der Waals surface area contributed by atoms with Crippen LogP contribution in [-0.4, -0.2) is 20.7 Å². The van der Waals surface area contributed by atoms with Crippen LogP contribution in [0, 0.1) is 0 Å². The minimum atomic E-state index is -0.330. The SMILES string of the molecule is CC1=C(C(=O)Nc2ccccc2)[C@@H](c2ccccc2)n2ncnc2N1. The van der Waals surface area contributed by atoms with Gasteiger partial charge in [0, 0.05) is 11.4 Å². The molecule has 25 heavy (non-hydrogen) atoms. The summed E-state index contributed by atoms with van der Waals surface area (Å²) in [5.41, 5.74) is 3.12. The second-order valence-corrected chi connectivity index (χ2v) is 5.83. The molecule has 1 atom stereocenters. The van der Waals surface area contributed by atoms with Crippen LogP contribution < -0.4 is 10.6 Å². The van der Waals surface area contributed by atoms with Crippen molar-refractivity contribution in [2.75, 3.05) is 10.6 Å². The standard InChI is InChI=1S/C19H17N5O/c1-13-16(18(25)23-15-10-6-3-7-11-15)17(14-8-4-2-5-9-14)24-19(22-13)20-12-21-24/h2-12,17H,1H3,(H,23,25)(H,20,21,22)/t17-/m1/s1. The summed E-state index contributed by atoms with van der Waals surface area (Å²) in [7, 11) is 0. The molecule has 0 radical (unpaired) electrons. The Balaban J connectivity index is 1.77. The van der Waals surface area contributed by atoms with Crippen molar-refractivity contribution in [3.8, 4) is 0 Å². The third-order valence-corrected chi connectivity index (χ3v) is 4.19. The van der Waals surface area contributed by atoms with E-state index in [1.165, 1.54) is 6.33 Å². The Morgan fingerprint density at radius 2 is 1.76 bits per heavy atom. The van der Waals surface area contributed by atoms with Crippen LogP contribution in [0.25, 0.3) is 0 Å². The molecule has 0 saturated heterocycles. The molecule has 0 unspecified atom stereocenters. The van der Waals surface area contributed by atoms with E-state index in [1.54, 1.807) is 4.68 Å². The Kier molecular flexibility index (Phi) is 3.78. The lowest BCUT2D eigenvalue weighted by Crippen LogP contribution is -2.31. The van der Waals surface area contributed by atoms with Crippen LogP contribution in [0.1, 0.15) is 18.5 Å². The molecule has 2 aromatic carbocycles. The number of anilines is 2. The first-order valence-corrected chi connectivity index (χ1v) is 8.02. The molecule has 4 rings (SSSR count). The molecule has 6 nitrogen and oxygen atoms in total. The predicted octanol–water partition coefficient (Wildman–Crippen LogP) is 3.21. The van der Waals surface area contributed by atoms with Crippen molar-refractivity contribution in [2.45, 2.75) is 13.0 Å². The lowest BCUT2D eigenvalue weighted by atomic mass is 9.95. The van der Waals surface area contributed by atoms with E-state index in [0.29, 0.717) is 11.5 Å². The van der Waals surface area contributed by atoms with Gasteiger partial charge in [0.15, 0.2) is 0 Å². The van der Waals surface area contributed by atoms with E-state index in [0.717, 1.165) is 16.9 Å². The van der Waals surface area contributed by atoms with Crippen molar-refractivity contribution >= 4 is 17.5 Å². The molecule has 0 bridgehead atoms. The number of allylic oxidation sites excluding steroid dienone is 1. The van der Waals surface area contributed by atoms with Crippen LogP contribution in [0.2, 0.25) is 0 Å². The highest BCUT2D eigenvalue weighted by Gasteiger charge is 2.33. The van der Waals surface area contributed by atoms with E-state index in [2.05, 4.69) is 20.7 Å². The Morgan fingerprint density at radius 1 is 1.08 bits per heavy atom. The normalized spacial score (nSPS) is 16.1. The van der Waals surface area contributed by atoms with Gasteiger partial charge >= 0.3 is 0 Å². The number of carbonyl (C=O) groups is 1. The molecule has 1 aliphatic heterocycles. The first-order chi connectivity index (χ1) is 12.2. The summed E-state index contributed by atoms with van der Waals surface area (Å²) in [6, 6.07) is 18.9. The number of nitrogens with zero attached hydrogens (tertiary/aromatic N) is 3. The number of hydrogen-bond acceptors (Lipinski definition) is 4. The molecule has 1 amide bonds. The van der Waals surface area contributed by atoms with Crippen LogP contribution >= 0.6 is 0 Å². The van der Waals surface area contributed by atoms with Gasteiger partial charge in [0.2, 0.25) is 5.95 Å². The molecule has 1 aromatic heterocycles. The fourth-order valence-corrected chi connectivity index (χ4v) is 3.05. The largest absolute Gasteiger partial charge is 0.328 e. The third kappa shape index (κ3) is 2.78. The van der Waals surface area contributed by atoms with Gasteiger partial charge in [-0.3, -0.25) is 4.79 Å². The first-order valence-electron chi connectivity index (χ1n) is 8.02. The predicted molar refractivity (Wildman–Crippen MR) is 96.0 cm³/mol. The minimum Gasteiger partial charge on any atom is -0.328 e. The van der Waals surface area contributed by atoms with Gasteiger partial charge in [-0.2, -0.15) is 10.1 Å². The highest BCUT2D eigenvalue weighted by Crippen LogP contribution is 2.34. The van der Waals surface area contributed by atoms with Crippen molar-refractivity contribution in [3.05, 3.63) is 83.8 Å². The molecule has 0 fully saturated rings. The topological polar surface area (TPSA) is 71.8 Å². The maximum Gasteiger partial charge on any atom is 0.255 e. The maximum absolute atomic E-state index is 13.0. The van der Waals surface area contributed by atoms with Gasteiger partial charge in [0.25, 0.3) is 5.91 Å². The number of benzene rings is 2. The van der Waals surface area contributed by atoms with E-state index in [4.69, 9.17) is 0 Å². The Labute approximate surface area is 145 Å². The number of fused-ring (bicyclic) bond motifs is 1. The van der Waals surface area contributed by atoms with Crippen molar-refractivity contribution < 1.29 is 4.79 Å². The van der Waals surface area contributed by atoms with Gasteiger partial charge in [-0.1, -0.05) is 48.5 Å². The Morgan fingerprint density at radius 3 is 2.48 bits per heavy atom. The second kappa shape index (κ2) is 6.24. The fraction of sp³-hybridized carbons (Fsp3) is 0.105. The number of para-hydroxylation sites is 1. The van der Waals surface area contributed by atoms with Crippen LogP contribution in [0.15, 0.2) is 78.3 Å². The Hall–Kier alpha value is -3.41. The van der Waals surface area contributed by atoms with Gasteiger partial charge in [0.1, 0.15) is 12.4 Å². The summed E-state index contributed by atoms with van der Waals surface area (Å²) in [5.74, 6) is 0.466. The summed E-state index contributed by atoms with van der Waals surface area (Å²) in [5, 5.41) is 10.4. The zero-order valence-corrected chi connectivity index (χ0v) is 13.7. The smallest absolute Gasteiger partial charge is 0.255 e. The van der Waals surface area contributed by atoms with Crippen LogP contribution in [-0.2, 0) is 4.79 Å². The highest BCUT2D eigenvalue weighted by atomic mass is 16.1. The highest BCUT2D eigenvalue weighted by molar-refractivity contribution is 6.05. The zero-order chi connectivity index (χ0) is 17.2. The fourth-order valence-electron chi connectivity index (χ4n) is 3.05. The van der Waals surface area contributed by atoms with E-state index in [1.807, 2.05) is 67.6 Å². The van der Waals surface area contributed by atoms with Gasteiger partial charge in [0.05, 0.1) is 5.57 Å². The lowest BCUT2D eigenvalue weighted by molar-refractivity contribution is -0.113. The van der Waals surface area contributed by atoms with Crippen molar-refractivity contribution in [1.29, 1.82) is 0 Å². The number of hydrogen-bond donors (Lipinski definition) is 2. The van der Waals surface area contributed by atoms with E-state index >= 15 is 0 Å². The first kappa shape index (κ1) is 15.1. The molecule has 2 N–H and O–H groups in total. The van der Waals surface area contributed by atoms with E-state index in [9.17, 15) is 4.79 Å². The summed E-state index contributed by atoms with van der Waals surface area (Å²) >= 11 is 0. The average Bonchev–Trinajstić information content (AvgIpc) is 3.10. The molecule has 124 valence electrons. The molecule has 1 aliphatic rings. The van der Waals surface area contributed by atoms with Crippen LogP contribution in [0.3, 0.4) is 0 Å². The summed E-state index contributed by atoms with van der Waals surface area (Å²) in [6.07, 6.45) is 1.49. The average molecular weight is 331 g/mol. The number of aromatic nitrogens is 3. The molecule has 0 aliphatic carbocycles. The second-order valence-electron chi connectivity index (χ2n) is 5.83. The Bertz CT molecular complexity index is 931. The van der Waals surface area contributed by atoms with Gasteiger partial charge in [-0.15, -0.1) is 0 Å². The van der Waals surface area contributed by atoms with E-state index < -0.39 is 0 Å². The quantitative estimate of drug-likeness (QED) is 0.773. The van der Waals surface area contributed by atoms with Gasteiger partial charge in [-0.05, 0) is 24.6 Å². The third-order valence-electron chi connectivity index (χ3n) is 4.19. The van der Waals surface area contributed by atoms with Crippen molar-refractivity contribution in [2.24, 2.45) is 0 Å². The molecule has 6 heteroatoms. The summed E-state index contributed by atoms with van der Waals surface area (Å²) < 4.78 is 1.74. The number of amides is 1. The molecule has 2 heterocycles. The molecule has 0 saturated carbocycles. The number of rotatable bonds is 3. The maximum atomic E-state index is 13.0. The molecule has 0 spiro atoms. The van der Waals surface area contributed by atoms with Gasteiger partial charge in [-0.25, -0.2) is 4.68 Å². The zero-order valence-electron chi connectivity index (χ0n) is 13.7. The summed E-state index contributed by atoms with van der Waals surface area (Å²) in [6.45, 7) is 1.88. The number of nitrogens with one attached hydrogen (secondary N) is 2. The lowest BCUT2D eigenvalue weighted by Gasteiger charge is -2.28. The molecular formula is C19H17N5O. The van der Waals surface area contributed by atoms with E-state index in [-0.39, 0.29) is 11.9 Å². The monoisotopic (exact) mass is 331 g/mol. The number of carbonyl (C=O) groups excluding carboxylic acids is 1. The van der Waals surface area contributed by atoms with Crippen molar-refractivity contribution in [3.63, 3.8) is 0 Å².